The number of halogens is 1. The number of nitrogens with zero attached hydrogens (tertiary/aromatic N) is 5. The summed E-state index contributed by atoms with van der Waals surface area (Å²) in [5.74, 6) is -0.0473. The van der Waals surface area contributed by atoms with Crippen molar-refractivity contribution in [3.63, 3.8) is 0 Å². The van der Waals surface area contributed by atoms with Crippen molar-refractivity contribution in [2.45, 2.75) is 6.42 Å². The van der Waals surface area contributed by atoms with Crippen molar-refractivity contribution in [2.75, 3.05) is 18.0 Å². The second-order valence-corrected chi connectivity index (χ2v) is 5.51. The first-order valence-electron chi connectivity index (χ1n) is 6.04. The van der Waals surface area contributed by atoms with E-state index in [2.05, 4.69) is 30.9 Å². The smallest absolute Gasteiger partial charge is 0.305 e. The van der Waals surface area contributed by atoms with E-state index < -0.39 is 0 Å². The number of amides is 1. The molecule has 1 unspecified atom stereocenters. The van der Waals surface area contributed by atoms with Crippen LogP contribution in [0.1, 0.15) is 6.42 Å². The summed E-state index contributed by atoms with van der Waals surface area (Å²) in [5, 5.41) is 3.52. The average Bonchev–Trinajstić information content (AvgIpc) is 2.99. The molecule has 2 heterocycles. The molecule has 20 heavy (non-hydrogen) atoms. The standard InChI is InChI=1S/C12H10BrN5O2/c13-8-1-2-9-10(4-8)20-12(16-9)18-6-7(3-11(18)19)5-15-17-14/h1-2,4,7H,3,5-6H2. The van der Waals surface area contributed by atoms with Gasteiger partial charge in [-0.1, -0.05) is 21.0 Å². The number of carbonyl (C=O) groups excluding carboxylic acids is 1. The molecule has 0 saturated carbocycles. The topological polar surface area (TPSA) is 95.1 Å². The zero-order valence-corrected chi connectivity index (χ0v) is 11.9. The number of hydrogen-bond acceptors (Lipinski definition) is 4. The fourth-order valence-corrected chi connectivity index (χ4v) is 2.58. The number of rotatable bonds is 3. The van der Waals surface area contributed by atoms with E-state index in [1.54, 1.807) is 0 Å². The highest BCUT2D eigenvalue weighted by atomic mass is 79.9. The number of anilines is 1. The Morgan fingerprint density at radius 3 is 3.25 bits per heavy atom. The van der Waals surface area contributed by atoms with Gasteiger partial charge in [0.15, 0.2) is 5.58 Å². The van der Waals surface area contributed by atoms with Gasteiger partial charge in [0.2, 0.25) is 5.91 Å². The Hall–Kier alpha value is -2.05. The highest BCUT2D eigenvalue weighted by molar-refractivity contribution is 9.10. The van der Waals surface area contributed by atoms with E-state index in [-0.39, 0.29) is 11.8 Å². The van der Waals surface area contributed by atoms with Gasteiger partial charge in [-0.3, -0.25) is 9.69 Å². The highest BCUT2D eigenvalue weighted by Crippen LogP contribution is 2.29. The van der Waals surface area contributed by atoms with Crippen molar-refractivity contribution in [1.29, 1.82) is 0 Å². The molecular formula is C12H10BrN5O2. The second kappa shape index (κ2) is 5.15. The van der Waals surface area contributed by atoms with Crippen LogP contribution in [0.25, 0.3) is 21.5 Å². The third-order valence-corrected chi connectivity index (χ3v) is 3.67. The molecule has 1 aliphatic rings. The molecule has 7 nitrogen and oxygen atoms in total. The first-order valence-corrected chi connectivity index (χ1v) is 6.84. The Bertz CT molecular complexity index is 722. The van der Waals surface area contributed by atoms with Gasteiger partial charge in [-0.2, -0.15) is 4.98 Å². The summed E-state index contributed by atoms with van der Waals surface area (Å²) in [4.78, 5) is 20.5. The van der Waals surface area contributed by atoms with Gasteiger partial charge in [-0.25, -0.2) is 0 Å². The molecule has 1 aliphatic heterocycles. The van der Waals surface area contributed by atoms with E-state index in [0.717, 1.165) is 4.47 Å². The quantitative estimate of drug-likeness (QED) is 0.489. The summed E-state index contributed by atoms with van der Waals surface area (Å²) in [6.45, 7) is 0.774. The van der Waals surface area contributed by atoms with Crippen molar-refractivity contribution in [1.82, 2.24) is 4.98 Å². The van der Waals surface area contributed by atoms with Crippen molar-refractivity contribution >= 4 is 39.0 Å². The maximum Gasteiger partial charge on any atom is 0.305 e. The van der Waals surface area contributed by atoms with Crippen LogP contribution in [-0.4, -0.2) is 24.0 Å². The van der Waals surface area contributed by atoms with Crippen LogP contribution in [0.5, 0.6) is 0 Å². The van der Waals surface area contributed by atoms with Crippen LogP contribution in [0.4, 0.5) is 6.01 Å². The van der Waals surface area contributed by atoms with Gasteiger partial charge >= 0.3 is 6.01 Å². The molecule has 0 bridgehead atoms. The molecule has 1 aromatic heterocycles. The number of carbonyl (C=O) groups is 1. The maximum absolute atomic E-state index is 12.0. The van der Waals surface area contributed by atoms with Crippen LogP contribution in [0.15, 0.2) is 32.2 Å². The second-order valence-electron chi connectivity index (χ2n) is 4.60. The SMILES string of the molecule is [N-]=[N+]=NCC1CC(=O)N(c2nc3ccc(Br)cc3o2)C1. The molecule has 0 N–H and O–H groups in total. The Kier molecular flexibility index (Phi) is 3.33. The minimum absolute atomic E-state index is 0.0140. The molecule has 3 rings (SSSR count). The molecule has 8 heteroatoms. The van der Waals surface area contributed by atoms with Crippen molar-refractivity contribution < 1.29 is 9.21 Å². The fourth-order valence-electron chi connectivity index (χ4n) is 2.24. The zero-order valence-electron chi connectivity index (χ0n) is 10.4. The monoisotopic (exact) mass is 335 g/mol. The Morgan fingerprint density at radius 2 is 2.45 bits per heavy atom. The van der Waals surface area contributed by atoms with Gasteiger partial charge < -0.3 is 4.42 Å². The summed E-state index contributed by atoms with van der Waals surface area (Å²) < 4.78 is 6.51. The number of azide groups is 1. The minimum Gasteiger partial charge on any atom is -0.423 e. The predicted molar refractivity (Wildman–Crippen MR) is 76.2 cm³/mol. The van der Waals surface area contributed by atoms with Crippen LogP contribution < -0.4 is 4.90 Å². The van der Waals surface area contributed by atoms with Gasteiger partial charge in [0.05, 0.1) is 0 Å². The van der Waals surface area contributed by atoms with Crippen molar-refractivity contribution in [2.24, 2.45) is 11.0 Å². The van der Waals surface area contributed by atoms with E-state index in [9.17, 15) is 4.79 Å². The molecule has 0 spiro atoms. The van der Waals surface area contributed by atoms with Gasteiger partial charge in [0, 0.05) is 28.9 Å². The molecule has 2 aromatic rings. The van der Waals surface area contributed by atoms with Crippen LogP contribution in [0.3, 0.4) is 0 Å². The van der Waals surface area contributed by atoms with Crippen LogP contribution >= 0.6 is 15.9 Å². The average molecular weight is 336 g/mol. The lowest BCUT2D eigenvalue weighted by Crippen LogP contribution is -2.25. The van der Waals surface area contributed by atoms with E-state index in [1.807, 2.05) is 18.2 Å². The van der Waals surface area contributed by atoms with Gasteiger partial charge in [-0.05, 0) is 29.6 Å². The van der Waals surface area contributed by atoms with Crippen LogP contribution in [0.2, 0.25) is 0 Å². The highest BCUT2D eigenvalue weighted by Gasteiger charge is 2.33. The number of aromatic nitrogens is 1. The Labute approximate surface area is 122 Å². The molecule has 1 fully saturated rings. The van der Waals surface area contributed by atoms with Gasteiger partial charge in [0.25, 0.3) is 0 Å². The summed E-state index contributed by atoms with van der Waals surface area (Å²) in [5.41, 5.74) is 9.65. The Morgan fingerprint density at radius 1 is 1.60 bits per heavy atom. The van der Waals surface area contributed by atoms with Crippen molar-refractivity contribution in [3.05, 3.63) is 33.1 Å². The number of fused-ring (bicyclic) bond motifs is 1. The summed E-state index contributed by atoms with van der Waals surface area (Å²) in [6, 6.07) is 5.80. The van der Waals surface area contributed by atoms with Crippen molar-refractivity contribution in [3.8, 4) is 0 Å². The van der Waals surface area contributed by atoms with Gasteiger partial charge in [0.1, 0.15) is 5.52 Å². The summed E-state index contributed by atoms with van der Waals surface area (Å²) in [6.07, 6.45) is 0.349. The third kappa shape index (κ3) is 2.35. The van der Waals surface area contributed by atoms with Gasteiger partial charge in [-0.15, -0.1) is 0 Å². The predicted octanol–water partition coefficient (Wildman–Crippen LogP) is 3.25. The van der Waals surface area contributed by atoms with E-state index >= 15 is 0 Å². The summed E-state index contributed by atoms with van der Waals surface area (Å²) >= 11 is 3.36. The zero-order chi connectivity index (χ0) is 14.1. The number of hydrogen-bond donors (Lipinski definition) is 0. The lowest BCUT2D eigenvalue weighted by Gasteiger charge is -2.10. The first-order chi connectivity index (χ1) is 9.67. The lowest BCUT2D eigenvalue weighted by atomic mass is 10.1. The summed E-state index contributed by atoms with van der Waals surface area (Å²) in [7, 11) is 0. The normalized spacial score (nSPS) is 18.6. The Balaban J connectivity index is 1.87. The van der Waals surface area contributed by atoms with Crippen LogP contribution in [-0.2, 0) is 4.79 Å². The molecule has 1 amide bonds. The molecule has 1 aromatic carbocycles. The maximum atomic E-state index is 12.0. The number of benzene rings is 1. The number of oxazole rings is 1. The third-order valence-electron chi connectivity index (χ3n) is 3.18. The molecule has 1 atom stereocenters. The molecule has 1 saturated heterocycles. The molecule has 0 radical (unpaired) electrons. The molecule has 0 aliphatic carbocycles. The van der Waals surface area contributed by atoms with Crippen LogP contribution in [0, 0.1) is 5.92 Å². The van der Waals surface area contributed by atoms with E-state index in [1.165, 1.54) is 4.90 Å². The molecular weight excluding hydrogens is 326 g/mol. The lowest BCUT2D eigenvalue weighted by molar-refractivity contribution is -0.117. The largest absolute Gasteiger partial charge is 0.423 e. The van der Waals surface area contributed by atoms with E-state index in [0.29, 0.717) is 36.6 Å². The first kappa shape index (κ1) is 13.0. The van der Waals surface area contributed by atoms with E-state index in [4.69, 9.17) is 9.95 Å². The fraction of sp³-hybridized carbons (Fsp3) is 0.333. The molecule has 102 valence electrons. The minimum atomic E-state index is -0.0613.